The van der Waals surface area contributed by atoms with Crippen molar-refractivity contribution >= 4 is 21.8 Å². The molecule has 3 aliphatic rings. The first-order valence-electron chi connectivity index (χ1n) is 8.67. The highest BCUT2D eigenvalue weighted by Gasteiger charge is 2.35. The number of fused-ring (bicyclic) bond motifs is 1. The van der Waals surface area contributed by atoms with Gasteiger partial charge in [0.05, 0.1) is 0 Å². The van der Waals surface area contributed by atoms with Crippen LogP contribution in [0.5, 0.6) is 0 Å². The Morgan fingerprint density at radius 1 is 0.850 bits per heavy atom. The van der Waals surface area contributed by atoms with Crippen molar-refractivity contribution in [3.05, 3.63) is 0 Å². The van der Waals surface area contributed by atoms with Gasteiger partial charge in [0.2, 0.25) is 5.91 Å². The van der Waals surface area contributed by atoms with Crippen LogP contribution in [0.25, 0.3) is 0 Å². The molecule has 3 heteroatoms. The second kappa shape index (κ2) is 6.81. The third-order valence-electron chi connectivity index (χ3n) is 5.91. The third kappa shape index (κ3) is 3.58. The first-order chi connectivity index (χ1) is 9.72. The van der Waals surface area contributed by atoms with E-state index in [1.165, 1.54) is 51.4 Å². The molecule has 2 nitrogen and oxygen atoms in total. The molecule has 3 saturated carbocycles. The standard InChI is InChI=1S/C17H28BrNO/c18-15-7-9-16(10-8-15)19-17(20)14-6-5-12-3-1-2-4-13(12)11-14/h12-16H,1-11H2,(H,19,20). The lowest BCUT2D eigenvalue weighted by Gasteiger charge is -2.39. The average Bonchev–Trinajstić information content (AvgIpc) is 2.49. The molecule has 3 unspecified atom stereocenters. The molecule has 114 valence electrons. The molecule has 1 N–H and O–H groups in total. The molecular weight excluding hydrogens is 314 g/mol. The van der Waals surface area contributed by atoms with Crippen molar-refractivity contribution in [3.8, 4) is 0 Å². The zero-order valence-electron chi connectivity index (χ0n) is 12.5. The van der Waals surface area contributed by atoms with Crippen LogP contribution in [0, 0.1) is 17.8 Å². The van der Waals surface area contributed by atoms with Gasteiger partial charge in [-0.05, 0) is 56.8 Å². The maximum Gasteiger partial charge on any atom is 0.223 e. The summed E-state index contributed by atoms with van der Waals surface area (Å²) >= 11 is 3.68. The molecule has 0 heterocycles. The van der Waals surface area contributed by atoms with Crippen LogP contribution in [0.4, 0.5) is 0 Å². The van der Waals surface area contributed by atoms with E-state index in [2.05, 4.69) is 21.2 Å². The number of hydrogen-bond donors (Lipinski definition) is 1. The van der Waals surface area contributed by atoms with Crippen LogP contribution in [-0.2, 0) is 4.79 Å². The smallest absolute Gasteiger partial charge is 0.223 e. The lowest BCUT2D eigenvalue weighted by Crippen LogP contribution is -2.43. The van der Waals surface area contributed by atoms with Crippen LogP contribution < -0.4 is 5.32 Å². The van der Waals surface area contributed by atoms with Gasteiger partial charge in [-0.15, -0.1) is 0 Å². The van der Waals surface area contributed by atoms with E-state index >= 15 is 0 Å². The Balaban J connectivity index is 1.47. The fourth-order valence-corrected chi connectivity index (χ4v) is 5.16. The highest BCUT2D eigenvalue weighted by Crippen LogP contribution is 2.42. The van der Waals surface area contributed by atoms with E-state index < -0.39 is 0 Å². The summed E-state index contributed by atoms with van der Waals surface area (Å²) in [5.41, 5.74) is 0. The molecule has 0 aromatic heterocycles. The summed E-state index contributed by atoms with van der Waals surface area (Å²) in [6, 6.07) is 0.445. The van der Waals surface area contributed by atoms with Crippen LogP contribution in [0.2, 0.25) is 0 Å². The van der Waals surface area contributed by atoms with Crippen molar-refractivity contribution in [2.45, 2.75) is 81.5 Å². The van der Waals surface area contributed by atoms with Crippen LogP contribution in [0.3, 0.4) is 0 Å². The highest BCUT2D eigenvalue weighted by atomic mass is 79.9. The Bertz CT molecular complexity index is 338. The van der Waals surface area contributed by atoms with E-state index in [0.29, 0.717) is 22.7 Å². The fourth-order valence-electron chi connectivity index (χ4n) is 4.63. The van der Waals surface area contributed by atoms with Gasteiger partial charge in [0.25, 0.3) is 0 Å². The van der Waals surface area contributed by atoms with Gasteiger partial charge in [-0.1, -0.05) is 41.6 Å². The lowest BCUT2D eigenvalue weighted by molar-refractivity contribution is -0.128. The van der Waals surface area contributed by atoms with E-state index in [-0.39, 0.29) is 0 Å². The normalized spacial score (nSPS) is 41.8. The molecule has 0 spiro atoms. The maximum atomic E-state index is 12.5. The summed E-state index contributed by atoms with van der Waals surface area (Å²) < 4.78 is 0. The first-order valence-corrected chi connectivity index (χ1v) is 9.58. The summed E-state index contributed by atoms with van der Waals surface area (Å²) in [6.45, 7) is 0. The molecule has 20 heavy (non-hydrogen) atoms. The van der Waals surface area contributed by atoms with Crippen LogP contribution in [-0.4, -0.2) is 16.8 Å². The Hall–Kier alpha value is -0.0500. The number of halogens is 1. The number of amides is 1. The van der Waals surface area contributed by atoms with Crippen molar-refractivity contribution < 1.29 is 4.79 Å². The molecule has 3 rings (SSSR count). The van der Waals surface area contributed by atoms with Crippen LogP contribution in [0.15, 0.2) is 0 Å². The number of carbonyl (C=O) groups is 1. The number of rotatable bonds is 2. The van der Waals surface area contributed by atoms with Crippen molar-refractivity contribution in [1.29, 1.82) is 0 Å². The van der Waals surface area contributed by atoms with Gasteiger partial charge in [0.1, 0.15) is 0 Å². The lowest BCUT2D eigenvalue weighted by atomic mass is 9.67. The summed E-state index contributed by atoms with van der Waals surface area (Å²) in [5.74, 6) is 2.48. The van der Waals surface area contributed by atoms with Crippen molar-refractivity contribution in [2.75, 3.05) is 0 Å². The minimum atomic E-state index is 0.316. The second-order valence-electron chi connectivity index (χ2n) is 7.27. The van der Waals surface area contributed by atoms with E-state index in [9.17, 15) is 4.79 Å². The van der Waals surface area contributed by atoms with Crippen molar-refractivity contribution in [3.63, 3.8) is 0 Å². The summed E-state index contributed by atoms with van der Waals surface area (Å²) in [4.78, 5) is 13.2. The zero-order chi connectivity index (χ0) is 13.9. The van der Waals surface area contributed by atoms with Gasteiger partial charge in [0, 0.05) is 16.8 Å². The number of alkyl halides is 1. The van der Waals surface area contributed by atoms with Gasteiger partial charge < -0.3 is 5.32 Å². The van der Waals surface area contributed by atoms with Crippen LogP contribution in [0.1, 0.15) is 70.6 Å². The molecule has 0 aliphatic heterocycles. The van der Waals surface area contributed by atoms with Gasteiger partial charge >= 0.3 is 0 Å². The van der Waals surface area contributed by atoms with Gasteiger partial charge in [0.15, 0.2) is 0 Å². The molecule has 0 radical (unpaired) electrons. The zero-order valence-corrected chi connectivity index (χ0v) is 14.0. The fraction of sp³-hybridized carbons (Fsp3) is 0.941. The molecule has 0 saturated heterocycles. The molecule has 0 aromatic carbocycles. The topological polar surface area (TPSA) is 29.1 Å². The molecule has 3 fully saturated rings. The quantitative estimate of drug-likeness (QED) is 0.740. The largest absolute Gasteiger partial charge is 0.353 e. The molecule has 0 aromatic rings. The predicted molar refractivity (Wildman–Crippen MR) is 85.9 cm³/mol. The minimum Gasteiger partial charge on any atom is -0.353 e. The van der Waals surface area contributed by atoms with Crippen LogP contribution >= 0.6 is 15.9 Å². The van der Waals surface area contributed by atoms with E-state index in [1.807, 2.05) is 0 Å². The van der Waals surface area contributed by atoms with E-state index in [1.54, 1.807) is 0 Å². The molecule has 3 aliphatic carbocycles. The van der Waals surface area contributed by atoms with Gasteiger partial charge in [-0.2, -0.15) is 0 Å². The SMILES string of the molecule is O=C(NC1CCC(Br)CC1)C1CCC2CCCCC2C1. The minimum absolute atomic E-state index is 0.316. The average molecular weight is 342 g/mol. The van der Waals surface area contributed by atoms with Gasteiger partial charge in [-0.3, -0.25) is 4.79 Å². The van der Waals surface area contributed by atoms with E-state index in [4.69, 9.17) is 0 Å². The predicted octanol–water partition coefficient (Wildman–Crippen LogP) is 4.42. The van der Waals surface area contributed by atoms with Crippen molar-refractivity contribution in [1.82, 2.24) is 5.32 Å². The number of hydrogen-bond acceptors (Lipinski definition) is 1. The summed E-state index contributed by atoms with van der Waals surface area (Å²) in [7, 11) is 0. The Labute approximate surface area is 131 Å². The Morgan fingerprint density at radius 3 is 2.30 bits per heavy atom. The number of nitrogens with one attached hydrogen (secondary N) is 1. The monoisotopic (exact) mass is 341 g/mol. The molecule has 1 amide bonds. The molecule has 0 bridgehead atoms. The Morgan fingerprint density at radius 2 is 1.55 bits per heavy atom. The second-order valence-corrected chi connectivity index (χ2v) is 8.57. The molecular formula is C17H28BrNO. The van der Waals surface area contributed by atoms with Crippen molar-refractivity contribution in [2.24, 2.45) is 17.8 Å². The van der Waals surface area contributed by atoms with Gasteiger partial charge in [-0.25, -0.2) is 0 Å². The third-order valence-corrected chi connectivity index (χ3v) is 6.83. The Kier molecular flexibility index (Phi) is 5.06. The summed E-state index contributed by atoms with van der Waals surface area (Å²) in [5, 5.41) is 3.34. The maximum absolute atomic E-state index is 12.5. The highest BCUT2D eigenvalue weighted by molar-refractivity contribution is 9.09. The summed E-state index contributed by atoms with van der Waals surface area (Å²) in [6.07, 6.45) is 14.0. The van der Waals surface area contributed by atoms with E-state index in [0.717, 1.165) is 31.1 Å². The number of carbonyl (C=O) groups excluding carboxylic acids is 1. The first kappa shape index (κ1) is 14.9. The molecule has 3 atom stereocenters.